The molecule has 1 saturated carbocycles. The third-order valence-corrected chi connectivity index (χ3v) is 6.67. The Labute approximate surface area is 204 Å². The Hall–Kier alpha value is -4.20. The molecule has 36 heavy (non-hydrogen) atoms. The number of benzene rings is 2. The van der Waals surface area contributed by atoms with E-state index in [-0.39, 0.29) is 0 Å². The molecule has 184 valence electrons. The second-order valence-electron chi connectivity index (χ2n) is 8.65. The minimum Gasteiger partial charge on any atom is -0.496 e. The smallest absolute Gasteiger partial charge is 0.339 e. The fourth-order valence-corrected chi connectivity index (χ4v) is 5.22. The Morgan fingerprint density at radius 3 is 1.39 bits per heavy atom. The standard InChI is InChI=1S/C28H22F2O6/c1-33-19-11-21(35-23(31)13-19)27-25(15-5-3-7-17(29)9-15)28(22-12-20(34-2)14-24(32)36-22)26(27)16-6-4-8-18(30)10-16/h3-14,25-28H,1-2H3. The number of hydrogen-bond acceptors (Lipinski definition) is 6. The van der Waals surface area contributed by atoms with Crippen molar-refractivity contribution < 1.29 is 27.1 Å². The molecule has 0 aliphatic heterocycles. The van der Waals surface area contributed by atoms with Gasteiger partial charge in [-0.05, 0) is 35.4 Å². The van der Waals surface area contributed by atoms with Gasteiger partial charge in [-0.2, -0.15) is 0 Å². The number of ether oxygens (including phenoxy) is 2. The van der Waals surface area contributed by atoms with Gasteiger partial charge in [-0.15, -0.1) is 0 Å². The van der Waals surface area contributed by atoms with E-state index in [0.29, 0.717) is 34.1 Å². The Kier molecular flexibility index (Phi) is 6.18. The van der Waals surface area contributed by atoms with Crippen molar-refractivity contribution in [1.82, 2.24) is 0 Å². The van der Waals surface area contributed by atoms with Crippen LogP contribution < -0.4 is 20.7 Å². The van der Waals surface area contributed by atoms with Gasteiger partial charge < -0.3 is 18.3 Å². The molecule has 2 heterocycles. The summed E-state index contributed by atoms with van der Waals surface area (Å²) in [6, 6.07) is 17.7. The lowest BCUT2D eigenvalue weighted by Crippen LogP contribution is -2.40. The highest BCUT2D eigenvalue weighted by atomic mass is 19.1. The molecule has 1 aliphatic rings. The van der Waals surface area contributed by atoms with E-state index in [4.69, 9.17) is 18.3 Å². The third-order valence-electron chi connectivity index (χ3n) is 6.67. The molecule has 6 nitrogen and oxygen atoms in total. The molecule has 2 aromatic carbocycles. The molecule has 8 heteroatoms. The van der Waals surface area contributed by atoms with Crippen molar-refractivity contribution in [2.75, 3.05) is 14.2 Å². The summed E-state index contributed by atoms with van der Waals surface area (Å²) in [5.41, 5.74) is -0.0180. The van der Waals surface area contributed by atoms with Crippen LogP contribution in [-0.4, -0.2) is 14.2 Å². The van der Waals surface area contributed by atoms with Crippen LogP contribution >= 0.6 is 0 Å². The maximum atomic E-state index is 14.3. The largest absolute Gasteiger partial charge is 0.496 e. The van der Waals surface area contributed by atoms with Gasteiger partial charge in [0, 0.05) is 35.8 Å². The van der Waals surface area contributed by atoms with Crippen molar-refractivity contribution in [3.8, 4) is 11.5 Å². The molecule has 1 aliphatic carbocycles. The van der Waals surface area contributed by atoms with Crippen LogP contribution in [-0.2, 0) is 0 Å². The van der Waals surface area contributed by atoms with E-state index in [9.17, 15) is 18.4 Å². The Balaban J connectivity index is 1.76. The predicted molar refractivity (Wildman–Crippen MR) is 127 cm³/mol. The normalized spacial score (nSPS) is 21.0. The quantitative estimate of drug-likeness (QED) is 0.362. The van der Waals surface area contributed by atoms with Crippen LogP contribution in [0.5, 0.6) is 11.5 Å². The van der Waals surface area contributed by atoms with E-state index < -0.39 is 46.6 Å². The zero-order chi connectivity index (χ0) is 25.4. The van der Waals surface area contributed by atoms with Crippen LogP contribution in [0, 0.1) is 11.6 Å². The molecular formula is C28H22F2O6. The summed E-state index contributed by atoms with van der Waals surface area (Å²) < 4.78 is 50.5. The van der Waals surface area contributed by atoms with Gasteiger partial charge in [-0.3, -0.25) is 0 Å². The number of halogens is 2. The van der Waals surface area contributed by atoms with Crippen LogP contribution in [0.2, 0.25) is 0 Å². The third kappa shape index (κ3) is 4.30. The molecule has 2 aromatic heterocycles. The van der Waals surface area contributed by atoms with Gasteiger partial charge in [0.2, 0.25) is 0 Å². The topological polar surface area (TPSA) is 78.9 Å². The summed E-state index contributed by atoms with van der Waals surface area (Å²) >= 11 is 0. The molecule has 1 fully saturated rings. The number of methoxy groups -OCH3 is 2. The highest BCUT2D eigenvalue weighted by Crippen LogP contribution is 2.66. The van der Waals surface area contributed by atoms with E-state index >= 15 is 0 Å². The molecule has 0 unspecified atom stereocenters. The fourth-order valence-electron chi connectivity index (χ4n) is 5.22. The first-order valence-electron chi connectivity index (χ1n) is 11.3. The number of rotatable bonds is 6. The Bertz CT molecular complexity index is 1400. The van der Waals surface area contributed by atoms with Crippen molar-refractivity contribution in [2.45, 2.75) is 23.7 Å². The van der Waals surface area contributed by atoms with Gasteiger partial charge in [-0.1, -0.05) is 24.3 Å². The minimum atomic E-state index is -0.614. The van der Waals surface area contributed by atoms with Gasteiger partial charge in [-0.25, -0.2) is 18.4 Å². The maximum absolute atomic E-state index is 14.3. The van der Waals surface area contributed by atoms with E-state index in [1.165, 1.54) is 50.6 Å². The monoisotopic (exact) mass is 492 g/mol. The van der Waals surface area contributed by atoms with Crippen molar-refractivity contribution in [1.29, 1.82) is 0 Å². The average Bonchev–Trinajstić information content (AvgIpc) is 2.83. The van der Waals surface area contributed by atoms with Crippen molar-refractivity contribution in [3.63, 3.8) is 0 Å². The Morgan fingerprint density at radius 2 is 1.03 bits per heavy atom. The van der Waals surface area contributed by atoms with E-state index in [1.807, 2.05) is 0 Å². The average molecular weight is 492 g/mol. The van der Waals surface area contributed by atoms with E-state index in [2.05, 4.69) is 0 Å². The highest BCUT2D eigenvalue weighted by Gasteiger charge is 2.55. The molecule has 0 bridgehead atoms. The first kappa shape index (κ1) is 23.5. The van der Waals surface area contributed by atoms with Gasteiger partial charge >= 0.3 is 11.3 Å². The van der Waals surface area contributed by atoms with Crippen LogP contribution in [0.1, 0.15) is 46.3 Å². The molecular weight excluding hydrogens is 470 g/mol. The van der Waals surface area contributed by atoms with Crippen molar-refractivity contribution in [3.05, 3.63) is 128 Å². The van der Waals surface area contributed by atoms with Crippen LogP contribution in [0.3, 0.4) is 0 Å². The summed E-state index contributed by atoms with van der Waals surface area (Å²) in [5.74, 6) is -1.73. The first-order valence-corrected chi connectivity index (χ1v) is 11.3. The number of hydrogen-bond donors (Lipinski definition) is 0. The van der Waals surface area contributed by atoms with Gasteiger partial charge in [0.1, 0.15) is 34.7 Å². The molecule has 0 spiro atoms. The summed E-state index contributed by atoms with van der Waals surface area (Å²) in [6.45, 7) is 0. The molecule has 0 saturated heterocycles. The van der Waals surface area contributed by atoms with Crippen LogP contribution in [0.15, 0.2) is 91.2 Å². The summed E-state index contributed by atoms with van der Waals surface area (Å²) in [5, 5.41) is 0. The lowest BCUT2D eigenvalue weighted by atomic mass is 9.51. The van der Waals surface area contributed by atoms with Gasteiger partial charge in [0.05, 0.1) is 26.4 Å². The Morgan fingerprint density at radius 1 is 0.611 bits per heavy atom. The van der Waals surface area contributed by atoms with Crippen LogP contribution in [0.25, 0.3) is 0 Å². The molecule has 5 rings (SSSR count). The minimum absolute atomic E-state index is 0.296. The first-order chi connectivity index (χ1) is 17.4. The van der Waals surface area contributed by atoms with Gasteiger partial charge in [0.15, 0.2) is 0 Å². The molecule has 0 atom stereocenters. The SMILES string of the molecule is COc1cc(C2C(c3cccc(F)c3)C(c3cc(OC)cc(=O)o3)C2c2cccc(F)c2)oc(=O)c1. The lowest BCUT2D eigenvalue weighted by Gasteiger charge is -2.51. The van der Waals surface area contributed by atoms with Crippen LogP contribution in [0.4, 0.5) is 8.78 Å². The summed E-state index contributed by atoms with van der Waals surface area (Å²) in [4.78, 5) is 24.7. The zero-order valence-electron chi connectivity index (χ0n) is 19.4. The lowest BCUT2D eigenvalue weighted by molar-refractivity contribution is 0.167. The summed E-state index contributed by atoms with van der Waals surface area (Å²) in [6.07, 6.45) is 0. The second kappa shape index (κ2) is 9.45. The van der Waals surface area contributed by atoms with E-state index in [0.717, 1.165) is 0 Å². The predicted octanol–water partition coefficient (Wildman–Crippen LogP) is 5.34. The molecule has 0 radical (unpaired) electrons. The highest BCUT2D eigenvalue weighted by molar-refractivity contribution is 5.46. The molecule has 4 aromatic rings. The van der Waals surface area contributed by atoms with Crippen molar-refractivity contribution in [2.24, 2.45) is 0 Å². The van der Waals surface area contributed by atoms with Crippen molar-refractivity contribution >= 4 is 0 Å². The molecule has 0 N–H and O–H groups in total. The molecule has 0 amide bonds. The summed E-state index contributed by atoms with van der Waals surface area (Å²) in [7, 11) is 2.86. The van der Waals surface area contributed by atoms with E-state index in [1.54, 1.807) is 36.4 Å². The maximum Gasteiger partial charge on any atom is 0.339 e. The second-order valence-corrected chi connectivity index (χ2v) is 8.65. The zero-order valence-corrected chi connectivity index (χ0v) is 19.4. The van der Waals surface area contributed by atoms with Gasteiger partial charge in [0.25, 0.3) is 0 Å². The fraction of sp³-hybridized carbons (Fsp3) is 0.214.